The number of pyridine rings is 1. The predicted octanol–water partition coefficient (Wildman–Crippen LogP) is 2.62. The Balaban J connectivity index is 1.33. The number of carbonyl (C=O) groups excluding carboxylic acids is 2. The fraction of sp³-hybridized carbons (Fsp3) is 0.400. The van der Waals surface area contributed by atoms with Gasteiger partial charge in [-0.05, 0) is 45.2 Å². The molecule has 0 radical (unpaired) electrons. The van der Waals surface area contributed by atoms with Gasteiger partial charge in [0.05, 0.1) is 34.1 Å². The van der Waals surface area contributed by atoms with Crippen LogP contribution in [0.4, 0.5) is 0 Å². The van der Waals surface area contributed by atoms with Crippen LogP contribution in [0.25, 0.3) is 26.5 Å². The zero-order chi connectivity index (χ0) is 25.0. The van der Waals surface area contributed by atoms with E-state index in [1.54, 1.807) is 21.6 Å². The molecule has 11 heteroatoms. The van der Waals surface area contributed by atoms with Crippen molar-refractivity contribution in [1.82, 2.24) is 34.6 Å². The molecule has 4 aromatic heterocycles. The van der Waals surface area contributed by atoms with Gasteiger partial charge in [-0.15, -0.1) is 11.3 Å². The summed E-state index contributed by atoms with van der Waals surface area (Å²) < 4.78 is 3.43. The Morgan fingerprint density at radius 3 is 2.75 bits per heavy atom. The highest BCUT2D eigenvalue weighted by Gasteiger charge is 2.50. The molecule has 10 nitrogen and oxygen atoms in total. The Labute approximate surface area is 212 Å². The van der Waals surface area contributed by atoms with Crippen molar-refractivity contribution in [3.63, 3.8) is 0 Å². The molecule has 0 aromatic carbocycles. The third-order valence-corrected chi connectivity index (χ3v) is 8.64. The number of carbonyl (C=O) groups is 2. The maximum Gasteiger partial charge on any atom is 0.253 e. The second-order valence-electron chi connectivity index (χ2n) is 9.75. The number of nitrogens with two attached hydrogens (primary N) is 1. The highest BCUT2D eigenvalue weighted by atomic mass is 32.1. The average molecular weight is 505 g/mol. The van der Waals surface area contributed by atoms with Crippen LogP contribution in [0, 0.1) is 6.92 Å². The van der Waals surface area contributed by atoms with Crippen LogP contribution >= 0.6 is 11.3 Å². The molecule has 36 heavy (non-hydrogen) atoms. The third kappa shape index (κ3) is 3.79. The zero-order valence-corrected chi connectivity index (χ0v) is 21.1. The SMILES string of the molecule is Cc1ncc(C(=O)NCCN2CCCC23CC3)cc1-c1c(-c2cnn(C)c2)sc2c(C(N)=O)cnn12. The Bertz CT molecular complexity index is 1500. The Kier molecular flexibility index (Phi) is 5.41. The number of rotatable bonds is 7. The molecule has 0 atom stereocenters. The van der Waals surface area contributed by atoms with Gasteiger partial charge in [-0.1, -0.05) is 0 Å². The number of aryl methyl sites for hydroxylation is 2. The van der Waals surface area contributed by atoms with Gasteiger partial charge in [0.2, 0.25) is 0 Å². The summed E-state index contributed by atoms with van der Waals surface area (Å²) in [6.45, 7) is 4.50. The quantitative estimate of drug-likeness (QED) is 0.399. The zero-order valence-electron chi connectivity index (χ0n) is 20.3. The number of hydrogen-bond acceptors (Lipinski definition) is 7. The Morgan fingerprint density at radius 1 is 1.19 bits per heavy atom. The van der Waals surface area contributed by atoms with Gasteiger partial charge in [0.25, 0.3) is 11.8 Å². The lowest BCUT2D eigenvalue weighted by molar-refractivity contribution is 0.0944. The summed E-state index contributed by atoms with van der Waals surface area (Å²) in [4.78, 5) is 33.7. The molecular weight excluding hydrogens is 476 g/mol. The van der Waals surface area contributed by atoms with Gasteiger partial charge in [0.1, 0.15) is 4.83 Å². The highest BCUT2D eigenvalue weighted by Crippen LogP contribution is 2.49. The number of primary amides is 1. The molecule has 0 unspecified atom stereocenters. The van der Waals surface area contributed by atoms with E-state index in [9.17, 15) is 9.59 Å². The van der Waals surface area contributed by atoms with Gasteiger partial charge in [-0.3, -0.25) is 24.2 Å². The Hall–Kier alpha value is -3.57. The molecule has 4 aromatic rings. The molecule has 6 rings (SSSR count). The highest BCUT2D eigenvalue weighted by molar-refractivity contribution is 7.21. The van der Waals surface area contributed by atoms with Gasteiger partial charge >= 0.3 is 0 Å². The minimum atomic E-state index is -0.538. The maximum atomic E-state index is 13.1. The first-order chi connectivity index (χ1) is 17.4. The van der Waals surface area contributed by atoms with Crippen molar-refractivity contribution in [1.29, 1.82) is 0 Å². The molecular formula is C25H28N8O2S. The van der Waals surface area contributed by atoms with Gasteiger partial charge < -0.3 is 11.1 Å². The largest absolute Gasteiger partial charge is 0.365 e. The summed E-state index contributed by atoms with van der Waals surface area (Å²) in [7, 11) is 1.85. The van der Waals surface area contributed by atoms with Crippen LogP contribution in [0.15, 0.2) is 30.9 Å². The van der Waals surface area contributed by atoms with Crippen LogP contribution in [0.3, 0.4) is 0 Å². The van der Waals surface area contributed by atoms with Gasteiger partial charge in [-0.2, -0.15) is 10.2 Å². The topological polar surface area (TPSA) is 123 Å². The summed E-state index contributed by atoms with van der Waals surface area (Å²) in [5.41, 5.74) is 10.0. The van der Waals surface area contributed by atoms with Gasteiger partial charge in [0, 0.05) is 54.9 Å². The van der Waals surface area contributed by atoms with Gasteiger partial charge in [-0.25, -0.2) is 4.52 Å². The van der Waals surface area contributed by atoms with E-state index in [1.807, 2.05) is 26.2 Å². The predicted molar refractivity (Wildman–Crippen MR) is 137 cm³/mol. The molecule has 2 aliphatic rings. The minimum absolute atomic E-state index is 0.152. The number of fused-ring (bicyclic) bond motifs is 1. The van der Waals surface area contributed by atoms with E-state index < -0.39 is 5.91 Å². The van der Waals surface area contributed by atoms with Crippen LogP contribution in [0.1, 0.15) is 52.1 Å². The molecule has 1 saturated carbocycles. The third-order valence-electron chi connectivity index (χ3n) is 7.42. The number of likely N-dealkylation sites (tertiary alicyclic amines) is 1. The fourth-order valence-corrected chi connectivity index (χ4v) is 6.53. The second-order valence-corrected chi connectivity index (χ2v) is 10.7. The molecule has 2 fully saturated rings. The monoisotopic (exact) mass is 504 g/mol. The average Bonchev–Trinajstić information content (AvgIpc) is 3.18. The molecule has 1 aliphatic carbocycles. The standard InChI is InChI=1S/C25H28N8O2S/c1-15-18(10-16(11-28-15)23(35)27-7-9-32-8-3-4-25(32)5-6-25)20-21(17-12-29-31(2)14-17)36-24-19(22(26)34)13-30-33(20)24/h10-14H,3-9H2,1-2H3,(H2,26,34)(H,27,35). The number of aromatic nitrogens is 5. The minimum Gasteiger partial charge on any atom is -0.365 e. The number of amides is 2. The lowest BCUT2D eigenvalue weighted by Gasteiger charge is -2.23. The fourth-order valence-electron chi connectivity index (χ4n) is 5.33. The maximum absolute atomic E-state index is 13.1. The molecule has 1 spiro atoms. The van der Waals surface area contributed by atoms with E-state index in [0.717, 1.165) is 40.5 Å². The number of thiazole rings is 1. The first-order valence-corrected chi connectivity index (χ1v) is 13.0. The Morgan fingerprint density at radius 2 is 2.03 bits per heavy atom. The van der Waals surface area contributed by atoms with Crippen LogP contribution in [-0.2, 0) is 7.05 Å². The second kappa shape index (κ2) is 8.52. The summed E-state index contributed by atoms with van der Waals surface area (Å²) >= 11 is 1.42. The molecule has 1 aliphatic heterocycles. The van der Waals surface area contributed by atoms with Crippen molar-refractivity contribution in [3.8, 4) is 21.7 Å². The smallest absolute Gasteiger partial charge is 0.253 e. The summed E-state index contributed by atoms with van der Waals surface area (Å²) in [5.74, 6) is -0.690. The molecule has 2 amide bonds. The first kappa shape index (κ1) is 22.9. The van der Waals surface area contributed by atoms with Crippen molar-refractivity contribution in [2.45, 2.75) is 38.1 Å². The van der Waals surface area contributed by atoms with Crippen molar-refractivity contribution in [3.05, 3.63) is 47.7 Å². The molecule has 3 N–H and O–H groups in total. The van der Waals surface area contributed by atoms with Crippen molar-refractivity contribution < 1.29 is 9.59 Å². The molecule has 0 bridgehead atoms. The van der Waals surface area contributed by atoms with Crippen LogP contribution in [-0.4, -0.2) is 66.3 Å². The van der Waals surface area contributed by atoms with E-state index in [0.29, 0.717) is 28.0 Å². The normalized spacial score (nSPS) is 16.7. The summed E-state index contributed by atoms with van der Waals surface area (Å²) in [6, 6.07) is 1.85. The summed E-state index contributed by atoms with van der Waals surface area (Å²) in [5, 5.41) is 11.8. The van der Waals surface area contributed by atoms with Crippen molar-refractivity contribution in [2.75, 3.05) is 19.6 Å². The van der Waals surface area contributed by atoms with Crippen molar-refractivity contribution in [2.24, 2.45) is 12.8 Å². The van der Waals surface area contributed by atoms with Crippen LogP contribution < -0.4 is 11.1 Å². The number of nitrogens with one attached hydrogen (secondary N) is 1. The summed E-state index contributed by atoms with van der Waals surface area (Å²) in [6.07, 6.45) is 11.9. The molecule has 1 saturated heterocycles. The molecule has 5 heterocycles. The van der Waals surface area contributed by atoms with Crippen LogP contribution in [0.2, 0.25) is 0 Å². The first-order valence-electron chi connectivity index (χ1n) is 12.2. The van der Waals surface area contributed by atoms with E-state index in [2.05, 4.69) is 25.4 Å². The van der Waals surface area contributed by atoms with E-state index in [1.165, 1.54) is 43.2 Å². The van der Waals surface area contributed by atoms with Crippen molar-refractivity contribution >= 4 is 28.0 Å². The number of hydrogen-bond donors (Lipinski definition) is 2. The van der Waals surface area contributed by atoms with Crippen LogP contribution in [0.5, 0.6) is 0 Å². The lowest BCUT2D eigenvalue weighted by Crippen LogP contribution is -2.38. The van der Waals surface area contributed by atoms with E-state index in [-0.39, 0.29) is 5.91 Å². The van der Waals surface area contributed by atoms with E-state index in [4.69, 9.17) is 5.73 Å². The number of nitrogens with zero attached hydrogens (tertiary/aromatic N) is 6. The van der Waals surface area contributed by atoms with E-state index >= 15 is 0 Å². The van der Waals surface area contributed by atoms with Gasteiger partial charge in [0.15, 0.2) is 0 Å². The molecule has 186 valence electrons. The lowest BCUT2D eigenvalue weighted by atomic mass is 10.0.